The predicted octanol–water partition coefficient (Wildman–Crippen LogP) is 2.13. The normalized spacial score (nSPS) is 30.9. The lowest BCUT2D eigenvalue weighted by Gasteiger charge is -2.37. The number of amides is 1. The molecule has 2 unspecified atom stereocenters. The van der Waals surface area contributed by atoms with Crippen LogP contribution in [0.4, 0.5) is 0 Å². The van der Waals surface area contributed by atoms with Gasteiger partial charge in [0.25, 0.3) is 0 Å². The average molecular weight is 225 g/mol. The highest BCUT2D eigenvalue weighted by Gasteiger charge is 2.39. The largest absolute Gasteiger partial charge is 0.380 e. The minimum atomic E-state index is -0.426. The smallest absolute Gasteiger partial charge is 0.228 e. The molecule has 0 aromatic rings. The third kappa shape index (κ3) is 3.34. The van der Waals surface area contributed by atoms with Crippen LogP contribution in [0.1, 0.15) is 34.1 Å². The summed E-state index contributed by atoms with van der Waals surface area (Å²) in [5, 5.41) is 3.02. The Balaban J connectivity index is 2.69. The molecule has 0 bridgehead atoms. The molecule has 0 spiro atoms. The van der Waals surface area contributed by atoms with E-state index in [1.807, 2.05) is 33.8 Å². The minimum absolute atomic E-state index is 0.0755. The van der Waals surface area contributed by atoms with Crippen molar-refractivity contribution < 1.29 is 9.53 Å². The Morgan fingerprint density at radius 1 is 1.56 bits per heavy atom. The Morgan fingerprint density at radius 2 is 2.19 bits per heavy atom. The van der Waals surface area contributed by atoms with Gasteiger partial charge in [-0.1, -0.05) is 6.08 Å². The van der Waals surface area contributed by atoms with E-state index in [0.29, 0.717) is 13.2 Å². The molecule has 0 aromatic heterocycles. The molecular formula is C13H23NO2. The second kappa shape index (κ2) is 4.58. The van der Waals surface area contributed by atoms with E-state index in [2.05, 4.69) is 11.9 Å². The number of hydrogen-bond donors (Lipinski definition) is 1. The first-order valence-electron chi connectivity index (χ1n) is 5.80. The third-order valence-corrected chi connectivity index (χ3v) is 2.84. The number of rotatable bonds is 2. The molecular weight excluding hydrogens is 202 g/mol. The lowest BCUT2D eigenvalue weighted by molar-refractivity contribution is -0.140. The molecule has 92 valence electrons. The zero-order chi connectivity index (χ0) is 12.4. The van der Waals surface area contributed by atoms with E-state index in [0.717, 1.165) is 6.42 Å². The van der Waals surface area contributed by atoms with Crippen LogP contribution in [0.3, 0.4) is 0 Å². The van der Waals surface area contributed by atoms with Crippen molar-refractivity contribution >= 4 is 5.91 Å². The number of carbonyl (C=O) groups excluding carboxylic acids is 1. The van der Waals surface area contributed by atoms with Crippen LogP contribution < -0.4 is 5.32 Å². The van der Waals surface area contributed by atoms with Crippen molar-refractivity contribution in [3.05, 3.63) is 12.7 Å². The van der Waals surface area contributed by atoms with Crippen LogP contribution in [-0.4, -0.2) is 24.7 Å². The summed E-state index contributed by atoms with van der Waals surface area (Å²) in [6, 6.07) is 0. The zero-order valence-electron chi connectivity index (χ0n) is 10.8. The molecule has 1 fully saturated rings. The van der Waals surface area contributed by atoms with E-state index in [4.69, 9.17) is 4.74 Å². The molecule has 16 heavy (non-hydrogen) atoms. The van der Waals surface area contributed by atoms with Crippen LogP contribution in [0.15, 0.2) is 12.7 Å². The highest BCUT2D eigenvalue weighted by Crippen LogP contribution is 2.32. The van der Waals surface area contributed by atoms with Gasteiger partial charge in [-0.25, -0.2) is 0 Å². The van der Waals surface area contributed by atoms with Crippen molar-refractivity contribution in [3.63, 3.8) is 0 Å². The van der Waals surface area contributed by atoms with Crippen molar-refractivity contribution in [3.8, 4) is 0 Å². The van der Waals surface area contributed by atoms with Gasteiger partial charge in [0.15, 0.2) is 0 Å². The Labute approximate surface area is 98.2 Å². The number of carbonyl (C=O) groups is 1. The van der Waals surface area contributed by atoms with Crippen LogP contribution in [0.25, 0.3) is 0 Å². The van der Waals surface area contributed by atoms with E-state index in [1.54, 1.807) is 0 Å². The first-order valence-corrected chi connectivity index (χ1v) is 5.80. The van der Waals surface area contributed by atoms with Crippen LogP contribution in [0.5, 0.6) is 0 Å². The molecule has 1 heterocycles. The summed E-state index contributed by atoms with van der Waals surface area (Å²) in [5.74, 6) is 0.357. The maximum atomic E-state index is 12.2. The SMILES string of the molecule is C=CC1COCC(C)(C(=O)NC(C)(C)C)C1. The monoisotopic (exact) mass is 225 g/mol. The second-order valence-corrected chi connectivity index (χ2v) is 5.98. The van der Waals surface area contributed by atoms with E-state index < -0.39 is 5.41 Å². The van der Waals surface area contributed by atoms with Crippen molar-refractivity contribution in [2.45, 2.75) is 39.7 Å². The van der Waals surface area contributed by atoms with E-state index in [9.17, 15) is 4.79 Å². The maximum absolute atomic E-state index is 12.2. The third-order valence-electron chi connectivity index (χ3n) is 2.84. The maximum Gasteiger partial charge on any atom is 0.228 e. The minimum Gasteiger partial charge on any atom is -0.380 e. The van der Waals surface area contributed by atoms with E-state index >= 15 is 0 Å². The van der Waals surface area contributed by atoms with Gasteiger partial charge in [0, 0.05) is 11.5 Å². The molecule has 1 amide bonds. The molecule has 1 rings (SSSR count). The van der Waals surface area contributed by atoms with Gasteiger partial charge in [-0.05, 0) is 34.1 Å². The van der Waals surface area contributed by atoms with Gasteiger partial charge in [0.1, 0.15) is 0 Å². The first kappa shape index (κ1) is 13.2. The van der Waals surface area contributed by atoms with Gasteiger partial charge in [0.2, 0.25) is 5.91 Å². The van der Waals surface area contributed by atoms with Gasteiger partial charge < -0.3 is 10.1 Å². The molecule has 0 aromatic carbocycles. The van der Waals surface area contributed by atoms with Crippen LogP contribution in [0.2, 0.25) is 0 Å². The fourth-order valence-electron chi connectivity index (χ4n) is 1.93. The highest BCUT2D eigenvalue weighted by molar-refractivity contribution is 5.83. The second-order valence-electron chi connectivity index (χ2n) is 5.98. The lowest BCUT2D eigenvalue weighted by atomic mass is 9.78. The van der Waals surface area contributed by atoms with Crippen LogP contribution >= 0.6 is 0 Å². The standard InChI is InChI=1S/C13H23NO2/c1-6-10-7-13(5,9-16-8-10)11(15)14-12(2,3)4/h6,10H,1,7-9H2,2-5H3,(H,14,15). The predicted molar refractivity (Wildman–Crippen MR) is 65.1 cm³/mol. The fraction of sp³-hybridized carbons (Fsp3) is 0.769. The summed E-state index contributed by atoms with van der Waals surface area (Å²) in [5.41, 5.74) is -0.619. The van der Waals surface area contributed by atoms with Crippen molar-refractivity contribution in [1.82, 2.24) is 5.32 Å². The van der Waals surface area contributed by atoms with Crippen LogP contribution in [0, 0.1) is 11.3 Å². The number of ether oxygens (including phenoxy) is 1. The summed E-state index contributed by atoms with van der Waals surface area (Å²) in [6.45, 7) is 12.9. The van der Waals surface area contributed by atoms with Crippen molar-refractivity contribution in [2.75, 3.05) is 13.2 Å². The fourth-order valence-corrected chi connectivity index (χ4v) is 1.93. The molecule has 1 saturated heterocycles. The number of nitrogens with one attached hydrogen (secondary N) is 1. The molecule has 1 aliphatic rings. The molecule has 3 nitrogen and oxygen atoms in total. The highest BCUT2D eigenvalue weighted by atomic mass is 16.5. The Bertz CT molecular complexity index is 280. The van der Waals surface area contributed by atoms with Gasteiger partial charge in [0.05, 0.1) is 18.6 Å². The molecule has 0 aliphatic carbocycles. The van der Waals surface area contributed by atoms with Gasteiger partial charge in [-0.15, -0.1) is 6.58 Å². The summed E-state index contributed by atoms with van der Waals surface area (Å²) in [6.07, 6.45) is 2.69. The van der Waals surface area contributed by atoms with Gasteiger partial charge in [-0.3, -0.25) is 4.79 Å². The molecule has 1 N–H and O–H groups in total. The van der Waals surface area contributed by atoms with Gasteiger partial charge in [-0.2, -0.15) is 0 Å². The molecule has 1 aliphatic heterocycles. The first-order chi connectivity index (χ1) is 7.27. The van der Waals surface area contributed by atoms with Crippen LogP contribution in [-0.2, 0) is 9.53 Å². The Hall–Kier alpha value is -0.830. The van der Waals surface area contributed by atoms with Crippen molar-refractivity contribution in [2.24, 2.45) is 11.3 Å². The average Bonchev–Trinajstić information content (AvgIpc) is 2.15. The molecule has 3 heteroatoms. The molecule has 0 saturated carbocycles. The molecule has 2 atom stereocenters. The van der Waals surface area contributed by atoms with E-state index in [1.165, 1.54) is 0 Å². The number of hydrogen-bond acceptors (Lipinski definition) is 2. The summed E-state index contributed by atoms with van der Waals surface area (Å²) >= 11 is 0. The summed E-state index contributed by atoms with van der Waals surface area (Å²) < 4.78 is 5.49. The Kier molecular flexibility index (Phi) is 3.79. The van der Waals surface area contributed by atoms with Gasteiger partial charge >= 0.3 is 0 Å². The Morgan fingerprint density at radius 3 is 2.69 bits per heavy atom. The zero-order valence-corrected chi connectivity index (χ0v) is 10.8. The topological polar surface area (TPSA) is 38.3 Å². The van der Waals surface area contributed by atoms with E-state index in [-0.39, 0.29) is 17.4 Å². The quantitative estimate of drug-likeness (QED) is 0.731. The summed E-state index contributed by atoms with van der Waals surface area (Å²) in [7, 11) is 0. The lowest BCUT2D eigenvalue weighted by Crippen LogP contribution is -2.52. The molecule has 0 radical (unpaired) electrons. The summed E-state index contributed by atoms with van der Waals surface area (Å²) in [4.78, 5) is 12.2. The van der Waals surface area contributed by atoms with Crippen molar-refractivity contribution in [1.29, 1.82) is 0 Å².